The predicted molar refractivity (Wildman–Crippen MR) is 55.7 cm³/mol. The number of carboxylic acids is 1. The highest BCUT2D eigenvalue weighted by atomic mass is 19.1. The zero-order chi connectivity index (χ0) is 11.5. The van der Waals surface area contributed by atoms with Gasteiger partial charge in [-0.05, 0) is 30.9 Å². The molecule has 16 heavy (non-hydrogen) atoms. The summed E-state index contributed by atoms with van der Waals surface area (Å²) in [6.45, 7) is 0.442. The van der Waals surface area contributed by atoms with Crippen molar-refractivity contribution >= 4 is 5.97 Å². The molecule has 1 N–H and O–H groups in total. The molecule has 0 heterocycles. The van der Waals surface area contributed by atoms with Gasteiger partial charge in [0.15, 0.2) is 0 Å². The molecule has 1 aliphatic carbocycles. The quantitative estimate of drug-likeness (QED) is 0.834. The molecule has 1 fully saturated rings. The lowest BCUT2D eigenvalue weighted by Gasteiger charge is -2.05. The minimum atomic E-state index is -0.726. The second-order valence-electron chi connectivity index (χ2n) is 4.04. The first kappa shape index (κ1) is 10.9. The molecule has 1 aromatic rings. The number of hydrogen-bond acceptors (Lipinski definition) is 2. The largest absolute Gasteiger partial charge is 0.493 e. The average Bonchev–Trinajstić information content (AvgIpc) is 2.97. The van der Waals surface area contributed by atoms with E-state index in [1.165, 1.54) is 12.1 Å². The maximum Gasteiger partial charge on any atom is 0.306 e. The van der Waals surface area contributed by atoms with Crippen molar-refractivity contribution < 1.29 is 19.0 Å². The molecule has 86 valence electrons. The number of carboxylic acid groups (broad SMARTS) is 1. The fourth-order valence-electron chi connectivity index (χ4n) is 1.75. The van der Waals surface area contributed by atoms with Crippen LogP contribution in [-0.2, 0) is 4.79 Å². The van der Waals surface area contributed by atoms with Crippen molar-refractivity contribution in [2.24, 2.45) is 11.8 Å². The van der Waals surface area contributed by atoms with Gasteiger partial charge in [0.2, 0.25) is 0 Å². The molecular formula is C12H13FO3. The molecule has 0 saturated heterocycles. The monoisotopic (exact) mass is 224 g/mol. The Morgan fingerprint density at radius 2 is 2.38 bits per heavy atom. The molecule has 2 rings (SSSR count). The highest BCUT2D eigenvalue weighted by Gasteiger charge is 2.42. The van der Waals surface area contributed by atoms with Crippen LogP contribution in [0.1, 0.15) is 12.8 Å². The third kappa shape index (κ3) is 2.72. The molecule has 1 aliphatic rings. The number of halogens is 1. The summed E-state index contributed by atoms with van der Waals surface area (Å²) in [5.74, 6) is -0.530. The Bertz CT molecular complexity index is 392. The van der Waals surface area contributed by atoms with Crippen molar-refractivity contribution in [1.82, 2.24) is 0 Å². The van der Waals surface area contributed by atoms with E-state index >= 15 is 0 Å². The molecule has 1 aromatic carbocycles. The van der Waals surface area contributed by atoms with E-state index in [1.54, 1.807) is 12.1 Å². The Kier molecular flexibility index (Phi) is 3.08. The number of rotatable bonds is 5. The van der Waals surface area contributed by atoms with Crippen molar-refractivity contribution in [3.05, 3.63) is 30.1 Å². The SMILES string of the molecule is O=C(O)C1CC1CCOc1cccc(F)c1. The normalized spacial score (nSPS) is 22.8. The van der Waals surface area contributed by atoms with E-state index in [9.17, 15) is 9.18 Å². The van der Waals surface area contributed by atoms with E-state index in [-0.39, 0.29) is 17.7 Å². The molecule has 2 atom stereocenters. The molecule has 2 unspecified atom stereocenters. The fraction of sp³-hybridized carbons (Fsp3) is 0.417. The van der Waals surface area contributed by atoms with E-state index in [0.29, 0.717) is 18.8 Å². The smallest absolute Gasteiger partial charge is 0.306 e. The van der Waals surface area contributed by atoms with Crippen LogP contribution in [0.25, 0.3) is 0 Å². The summed E-state index contributed by atoms with van der Waals surface area (Å²) in [6, 6.07) is 5.95. The van der Waals surface area contributed by atoms with Gasteiger partial charge in [-0.2, -0.15) is 0 Å². The lowest BCUT2D eigenvalue weighted by atomic mass is 10.2. The summed E-state index contributed by atoms with van der Waals surface area (Å²) in [7, 11) is 0. The summed E-state index contributed by atoms with van der Waals surface area (Å²) in [4.78, 5) is 10.6. The molecule has 4 heteroatoms. The summed E-state index contributed by atoms with van der Waals surface area (Å²) in [5, 5.41) is 8.69. The standard InChI is InChI=1S/C12H13FO3/c13-9-2-1-3-10(7-9)16-5-4-8-6-11(8)12(14)15/h1-3,7-8,11H,4-6H2,(H,14,15). The number of ether oxygens (including phenoxy) is 1. The first-order chi connectivity index (χ1) is 7.66. The molecule has 3 nitrogen and oxygen atoms in total. The van der Waals surface area contributed by atoms with Gasteiger partial charge in [0, 0.05) is 6.07 Å². The Balaban J connectivity index is 1.71. The van der Waals surface area contributed by atoms with Crippen LogP contribution in [0.4, 0.5) is 4.39 Å². The third-order valence-electron chi connectivity index (χ3n) is 2.79. The van der Waals surface area contributed by atoms with Gasteiger partial charge in [-0.3, -0.25) is 4.79 Å². The summed E-state index contributed by atoms with van der Waals surface area (Å²) < 4.78 is 18.1. The first-order valence-electron chi connectivity index (χ1n) is 5.28. The minimum Gasteiger partial charge on any atom is -0.493 e. The van der Waals surface area contributed by atoms with Crippen molar-refractivity contribution in [3.63, 3.8) is 0 Å². The topological polar surface area (TPSA) is 46.5 Å². The van der Waals surface area contributed by atoms with Gasteiger partial charge in [0.05, 0.1) is 12.5 Å². The number of hydrogen-bond donors (Lipinski definition) is 1. The average molecular weight is 224 g/mol. The molecule has 1 saturated carbocycles. The number of carbonyl (C=O) groups is 1. The van der Waals surface area contributed by atoms with Crippen molar-refractivity contribution in [2.45, 2.75) is 12.8 Å². The van der Waals surface area contributed by atoms with E-state index in [0.717, 1.165) is 6.42 Å². The first-order valence-corrected chi connectivity index (χ1v) is 5.28. The minimum absolute atomic E-state index is 0.198. The van der Waals surface area contributed by atoms with Gasteiger partial charge in [0.25, 0.3) is 0 Å². The summed E-state index contributed by atoms with van der Waals surface area (Å²) in [5.41, 5.74) is 0. The van der Waals surface area contributed by atoms with E-state index in [4.69, 9.17) is 9.84 Å². The molecular weight excluding hydrogens is 211 g/mol. The van der Waals surface area contributed by atoms with Gasteiger partial charge in [-0.15, -0.1) is 0 Å². The van der Waals surface area contributed by atoms with Crippen LogP contribution in [0.5, 0.6) is 5.75 Å². The molecule has 0 spiro atoms. The Labute approximate surface area is 92.9 Å². The van der Waals surface area contributed by atoms with E-state index < -0.39 is 5.97 Å². The molecule has 0 aliphatic heterocycles. The maximum atomic E-state index is 12.8. The second-order valence-corrected chi connectivity index (χ2v) is 4.04. The summed E-state index contributed by atoms with van der Waals surface area (Å²) in [6.07, 6.45) is 1.45. The molecule has 0 aromatic heterocycles. The summed E-state index contributed by atoms with van der Waals surface area (Å²) >= 11 is 0. The molecule has 0 radical (unpaired) electrons. The van der Waals surface area contributed by atoms with Gasteiger partial charge in [-0.1, -0.05) is 6.07 Å². The van der Waals surface area contributed by atoms with Crippen molar-refractivity contribution in [1.29, 1.82) is 0 Å². The Morgan fingerprint density at radius 3 is 3.00 bits per heavy atom. The van der Waals surface area contributed by atoms with Crippen LogP contribution < -0.4 is 4.74 Å². The number of aliphatic carboxylic acids is 1. The highest BCUT2D eigenvalue weighted by Crippen LogP contribution is 2.41. The molecule has 0 amide bonds. The van der Waals surface area contributed by atoms with E-state index in [1.807, 2.05) is 0 Å². The lowest BCUT2D eigenvalue weighted by molar-refractivity contribution is -0.138. The van der Waals surface area contributed by atoms with Crippen LogP contribution in [0.15, 0.2) is 24.3 Å². The third-order valence-corrected chi connectivity index (χ3v) is 2.79. The maximum absolute atomic E-state index is 12.8. The van der Waals surface area contributed by atoms with Gasteiger partial charge in [-0.25, -0.2) is 4.39 Å². The van der Waals surface area contributed by atoms with Crippen molar-refractivity contribution in [3.8, 4) is 5.75 Å². The predicted octanol–water partition coefficient (Wildman–Crippen LogP) is 2.32. The van der Waals surface area contributed by atoms with Crippen LogP contribution in [0.3, 0.4) is 0 Å². The van der Waals surface area contributed by atoms with Gasteiger partial charge in [0.1, 0.15) is 11.6 Å². The van der Waals surface area contributed by atoms with Crippen LogP contribution in [-0.4, -0.2) is 17.7 Å². The van der Waals surface area contributed by atoms with Crippen molar-refractivity contribution in [2.75, 3.05) is 6.61 Å². The van der Waals surface area contributed by atoms with E-state index in [2.05, 4.69) is 0 Å². The lowest BCUT2D eigenvalue weighted by Crippen LogP contribution is -2.03. The highest BCUT2D eigenvalue weighted by molar-refractivity contribution is 5.73. The van der Waals surface area contributed by atoms with Crippen LogP contribution in [0, 0.1) is 17.7 Å². The fourth-order valence-corrected chi connectivity index (χ4v) is 1.75. The Morgan fingerprint density at radius 1 is 1.56 bits per heavy atom. The zero-order valence-corrected chi connectivity index (χ0v) is 8.73. The van der Waals surface area contributed by atoms with Crippen LogP contribution >= 0.6 is 0 Å². The molecule has 0 bridgehead atoms. The zero-order valence-electron chi connectivity index (χ0n) is 8.73. The van der Waals surface area contributed by atoms with Crippen LogP contribution in [0.2, 0.25) is 0 Å². The Hall–Kier alpha value is -1.58. The van der Waals surface area contributed by atoms with Gasteiger partial charge < -0.3 is 9.84 Å². The number of benzene rings is 1. The van der Waals surface area contributed by atoms with Gasteiger partial charge >= 0.3 is 5.97 Å². The second kappa shape index (κ2) is 4.51.